The fourth-order valence-electron chi connectivity index (χ4n) is 4.41. The summed E-state index contributed by atoms with van der Waals surface area (Å²) in [5.74, 6) is -1.11. The van der Waals surface area contributed by atoms with Gasteiger partial charge in [0.2, 0.25) is 0 Å². The molecule has 2 N–H and O–H groups in total. The fourth-order valence-corrected chi connectivity index (χ4v) is 4.77. The van der Waals surface area contributed by atoms with Gasteiger partial charge in [0.15, 0.2) is 0 Å². The van der Waals surface area contributed by atoms with Crippen molar-refractivity contribution in [2.75, 3.05) is 23.7 Å². The molecule has 2 aromatic carbocycles. The van der Waals surface area contributed by atoms with Crippen LogP contribution >= 0.6 is 23.2 Å². The summed E-state index contributed by atoms with van der Waals surface area (Å²) in [4.78, 5) is 29.4. The molecule has 2 atom stereocenters. The van der Waals surface area contributed by atoms with Crippen LogP contribution in [-0.4, -0.2) is 47.0 Å². The number of fused-ring (bicyclic) bond motifs is 1. The van der Waals surface area contributed by atoms with Gasteiger partial charge in [0, 0.05) is 24.5 Å². The quantitative estimate of drug-likeness (QED) is 0.554. The molecule has 0 spiro atoms. The maximum atomic E-state index is 13.4. The number of carbonyl (C=O) groups is 2. The van der Waals surface area contributed by atoms with Crippen LogP contribution in [0.15, 0.2) is 36.4 Å². The van der Waals surface area contributed by atoms with E-state index < -0.39 is 11.6 Å². The van der Waals surface area contributed by atoms with Crippen molar-refractivity contribution in [3.05, 3.63) is 58.1 Å². The number of piperazine rings is 1. The van der Waals surface area contributed by atoms with Gasteiger partial charge in [0.05, 0.1) is 22.1 Å². The molecule has 0 radical (unpaired) electrons. The molecule has 10 heteroatoms. The third kappa shape index (κ3) is 4.76. The largest absolute Gasteiger partial charge is 0.322 e. The first-order valence-electron chi connectivity index (χ1n) is 10.4. The Labute approximate surface area is 194 Å². The molecular weight excluding hydrogens is 461 g/mol. The standard InChI is InChI=1S/C22H22Cl2F2N4O2/c23-15-11-13(5-7-17(15)25)27-21(31)29-9-10-30(20-4-2-1-3-19(20)29)22(32)28-14-6-8-18(26)16(24)12-14/h5-8,11-12,19-20H,1-4,9-10H2,(H,27,31)(H,28,32)/t19-,20-/m0/s1. The SMILES string of the molecule is O=C(Nc1ccc(F)c(Cl)c1)N1CCN(C(=O)Nc2ccc(F)c(Cl)c2)[C@H]2CCCC[C@@H]21. The molecule has 1 aliphatic carbocycles. The lowest BCUT2D eigenvalue weighted by molar-refractivity contribution is 0.0455. The third-order valence-electron chi connectivity index (χ3n) is 5.94. The average Bonchev–Trinajstić information content (AvgIpc) is 2.78. The molecule has 32 heavy (non-hydrogen) atoms. The molecule has 1 heterocycles. The maximum Gasteiger partial charge on any atom is 0.322 e. The predicted octanol–water partition coefficient (Wildman–Crippen LogP) is 5.96. The zero-order chi connectivity index (χ0) is 22.8. The lowest BCUT2D eigenvalue weighted by Gasteiger charge is -2.49. The summed E-state index contributed by atoms with van der Waals surface area (Å²) < 4.78 is 26.8. The highest BCUT2D eigenvalue weighted by molar-refractivity contribution is 6.31. The van der Waals surface area contributed by atoms with Crippen molar-refractivity contribution < 1.29 is 18.4 Å². The first-order chi connectivity index (χ1) is 15.3. The average molecular weight is 483 g/mol. The van der Waals surface area contributed by atoms with Gasteiger partial charge in [0.25, 0.3) is 0 Å². The summed E-state index contributed by atoms with van der Waals surface area (Å²) in [6.07, 6.45) is 3.45. The van der Waals surface area contributed by atoms with Crippen molar-refractivity contribution in [3.8, 4) is 0 Å². The molecule has 6 nitrogen and oxygen atoms in total. The highest BCUT2D eigenvalue weighted by Crippen LogP contribution is 2.32. The van der Waals surface area contributed by atoms with Crippen LogP contribution in [0.3, 0.4) is 0 Å². The first kappa shape index (κ1) is 22.6. The van der Waals surface area contributed by atoms with Crippen molar-refractivity contribution >= 4 is 46.6 Å². The lowest BCUT2D eigenvalue weighted by Crippen LogP contribution is -2.64. The minimum atomic E-state index is -0.556. The lowest BCUT2D eigenvalue weighted by atomic mass is 9.86. The number of hydrogen-bond acceptors (Lipinski definition) is 2. The van der Waals surface area contributed by atoms with E-state index >= 15 is 0 Å². The number of anilines is 2. The van der Waals surface area contributed by atoms with Gasteiger partial charge in [-0.15, -0.1) is 0 Å². The fraction of sp³-hybridized carbons (Fsp3) is 0.364. The number of carbonyl (C=O) groups excluding carboxylic acids is 2. The normalized spacial score (nSPS) is 20.5. The van der Waals surface area contributed by atoms with Crippen molar-refractivity contribution in [1.29, 1.82) is 0 Å². The number of rotatable bonds is 2. The van der Waals surface area contributed by atoms with Crippen molar-refractivity contribution in [3.63, 3.8) is 0 Å². The Kier molecular flexibility index (Phi) is 6.71. The van der Waals surface area contributed by atoms with E-state index in [2.05, 4.69) is 10.6 Å². The number of urea groups is 2. The highest BCUT2D eigenvalue weighted by Gasteiger charge is 2.42. The molecule has 2 aromatic rings. The van der Waals surface area contributed by atoms with Crippen LogP contribution in [0.2, 0.25) is 10.0 Å². The van der Waals surface area contributed by atoms with E-state index in [0.29, 0.717) is 24.5 Å². The van der Waals surface area contributed by atoms with Gasteiger partial charge in [0.1, 0.15) is 11.6 Å². The summed E-state index contributed by atoms with van der Waals surface area (Å²) in [5, 5.41) is 5.41. The molecule has 0 bridgehead atoms. The molecule has 0 unspecified atom stereocenters. The molecule has 4 amide bonds. The molecule has 2 aliphatic rings. The Balaban J connectivity index is 1.46. The Bertz CT molecular complexity index is 957. The third-order valence-corrected chi connectivity index (χ3v) is 6.52. The molecule has 2 fully saturated rings. The zero-order valence-electron chi connectivity index (χ0n) is 17.1. The molecular formula is C22H22Cl2F2N4O2. The van der Waals surface area contributed by atoms with E-state index in [1.807, 2.05) is 0 Å². The number of amides is 4. The van der Waals surface area contributed by atoms with Gasteiger partial charge in [-0.1, -0.05) is 36.0 Å². The van der Waals surface area contributed by atoms with E-state index in [1.165, 1.54) is 36.4 Å². The first-order valence-corrected chi connectivity index (χ1v) is 11.1. The van der Waals surface area contributed by atoms with Crippen LogP contribution in [-0.2, 0) is 0 Å². The summed E-state index contributed by atoms with van der Waals surface area (Å²) in [7, 11) is 0. The van der Waals surface area contributed by atoms with E-state index in [-0.39, 0.29) is 34.2 Å². The van der Waals surface area contributed by atoms with E-state index in [9.17, 15) is 18.4 Å². The minimum absolute atomic E-state index is 0.0688. The monoisotopic (exact) mass is 482 g/mol. The number of nitrogens with zero attached hydrogens (tertiary/aromatic N) is 2. The van der Waals surface area contributed by atoms with Gasteiger partial charge in [-0.05, 0) is 49.2 Å². The molecule has 4 rings (SSSR count). The Morgan fingerprint density at radius 2 is 1.19 bits per heavy atom. The Morgan fingerprint density at radius 1 is 0.781 bits per heavy atom. The van der Waals surface area contributed by atoms with E-state index in [0.717, 1.165) is 25.7 Å². The second-order valence-corrected chi connectivity index (χ2v) is 8.74. The molecule has 0 aromatic heterocycles. The van der Waals surface area contributed by atoms with Gasteiger partial charge in [-0.25, -0.2) is 18.4 Å². The summed E-state index contributed by atoms with van der Waals surface area (Å²) in [6.45, 7) is 0.693. The Hall–Kier alpha value is -2.58. The second-order valence-electron chi connectivity index (χ2n) is 7.92. The number of benzene rings is 2. The van der Waals surface area contributed by atoms with Crippen molar-refractivity contribution in [2.24, 2.45) is 0 Å². The molecule has 170 valence electrons. The molecule has 1 saturated heterocycles. The second kappa shape index (κ2) is 9.50. The summed E-state index contributed by atoms with van der Waals surface area (Å²) in [5.41, 5.74) is 0.809. The summed E-state index contributed by atoms with van der Waals surface area (Å²) in [6, 6.07) is 7.13. The van der Waals surface area contributed by atoms with Crippen LogP contribution in [0.5, 0.6) is 0 Å². The van der Waals surface area contributed by atoms with Crippen LogP contribution in [0.4, 0.5) is 29.7 Å². The smallest absolute Gasteiger partial charge is 0.318 e. The topological polar surface area (TPSA) is 64.7 Å². The van der Waals surface area contributed by atoms with Crippen molar-refractivity contribution in [2.45, 2.75) is 37.8 Å². The van der Waals surface area contributed by atoms with E-state index in [4.69, 9.17) is 23.2 Å². The number of hydrogen-bond donors (Lipinski definition) is 2. The van der Waals surface area contributed by atoms with Gasteiger partial charge >= 0.3 is 12.1 Å². The van der Waals surface area contributed by atoms with Crippen LogP contribution in [0.25, 0.3) is 0 Å². The van der Waals surface area contributed by atoms with Gasteiger partial charge in [-0.2, -0.15) is 0 Å². The number of halogens is 4. The maximum absolute atomic E-state index is 13.4. The van der Waals surface area contributed by atoms with E-state index in [1.54, 1.807) is 9.80 Å². The van der Waals surface area contributed by atoms with Crippen LogP contribution in [0.1, 0.15) is 25.7 Å². The minimum Gasteiger partial charge on any atom is -0.318 e. The summed E-state index contributed by atoms with van der Waals surface area (Å²) >= 11 is 11.6. The zero-order valence-corrected chi connectivity index (χ0v) is 18.6. The van der Waals surface area contributed by atoms with Crippen LogP contribution < -0.4 is 10.6 Å². The molecule has 1 aliphatic heterocycles. The molecule has 1 saturated carbocycles. The predicted molar refractivity (Wildman–Crippen MR) is 120 cm³/mol. The van der Waals surface area contributed by atoms with Gasteiger partial charge < -0.3 is 20.4 Å². The van der Waals surface area contributed by atoms with Gasteiger partial charge in [-0.3, -0.25) is 0 Å². The number of nitrogens with one attached hydrogen (secondary N) is 2. The van der Waals surface area contributed by atoms with Crippen LogP contribution in [0, 0.1) is 11.6 Å². The highest BCUT2D eigenvalue weighted by atomic mass is 35.5. The Morgan fingerprint density at radius 3 is 1.56 bits per heavy atom. The van der Waals surface area contributed by atoms with Crippen molar-refractivity contribution in [1.82, 2.24) is 9.80 Å².